The van der Waals surface area contributed by atoms with E-state index in [1.165, 1.54) is 0 Å². The molecule has 0 aliphatic carbocycles. The summed E-state index contributed by atoms with van der Waals surface area (Å²) in [6, 6.07) is 0. The second-order valence-corrected chi connectivity index (χ2v) is 3.35. The highest BCUT2D eigenvalue weighted by atomic mass is 35.5. The molecule has 13 heavy (non-hydrogen) atoms. The summed E-state index contributed by atoms with van der Waals surface area (Å²) >= 11 is 5.62. The van der Waals surface area contributed by atoms with Gasteiger partial charge in [0.2, 0.25) is 5.79 Å². The van der Waals surface area contributed by atoms with Gasteiger partial charge in [0.1, 0.15) is 0 Å². The molecule has 1 aliphatic rings. The van der Waals surface area contributed by atoms with Gasteiger partial charge in [0, 0.05) is 0 Å². The Kier molecular flexibility index (Phi) is 2.06. The summed E-state index contributed by atoms with van der Waals surface area (Å²) < 4.78 is 16.0. The van der Waals surface area contributed by atoms with Crippen molar-refractivity contribution in [1.82, 2.24) is 4.98 Å². The van der Waals surface area contributed by atoms with Gasteiger partial charge >= 0.3 is 0 Å². The van der Waals surface area contributed by atoms with Crippen molar-refractivity contribution >= 4 is 11.6 Å². The maximum atomic E-state index is 5.62. The van der Waals surface area contributed by atoms with Crippen LogP contribution < -0.4 is 0 Å². The first-order valence-corrected chi connectivity index (χ1v) is 4.41. The zero-order chi connectivity index (χ0) is 9.47. The predicted molar refractivity (Wildman–Crippen MR) is 45.5 cm³/mol. The molecule has 0 unspecified atom stereocenters. The van der Waals surface area contributed by atoms with Crippen molar-refractivity contribution in [2.45, 2.75) is 19.6 Å². The summed E-state index contributed by atoms with van der Waals surface area (Å²) in [4.78, 5) is 3.94. The number of aryl methyl sites for hydroxylation is 1. The first-order valence-electron chi connectivity index (χ1n) is 4.03. The molecule has 2 rings (SSSR count). The number of ether oxygens (including phenoxy) is 2. The van der Waals surface area contributed by atoms with Gasteiger partial charge in [-0.25, -0.2) is 4.98 Å². The Morgan fingerprint density at radius 2 is 2.00 bits per heavy atom. The minimum absolute atomic E-state index is 0.118. The second-order valence-electron chi connectivity index (χ2n) is 3.02. The summed E-state index contributed by atoms with van der Waals surface area (Å²) in [5, 5.41) is 0.118. The lowest BCUT2D eigenvalue weighted by Gasteiger charge is -2.19. The smallest absolute Gasteiger partial charge is 0.292 e. The topological polar surface area (TPSA) is 44.5 Å². The van der Waals surface area contributed by atoms with Crippen LogP contribution in [0.3, 0.4) is 0 Å². The van der Waals surface area contributed by atoms with Crippen molar-refractivity contribution in [2.75, 3.05) is 13.2 Å². The number of oxazole rings is 1. The quantitative estimate of drug-likeness (QED) is 0.699. The monoisotopic (exact) mass is 203 g/mol. The molecule has 5 heteroatoms. The van der Waals surface area contributed by atoms with Crippen molar-refractivity contribution in [3.8, 4) is 0 Å². The summed E-state index contributed by atoms with van der Waals surface area (Å²) in [5.41, 5.74) is 0.703. The third kappa shape index (κ3) is 1.45. The molecule has 0 atom stereocenters. The Labute approximate surface area is 80.8 Å². The van der Waals surface area contributed by atoms with Gasteiger partial charge in [0.05, 0.1) is 18.9 Å². The molecule has 1 fully saturated rings. The zero-order valence-electron chi connectivity index (χ0n) is 7.46. The van der Waals surface area contributed by atoms with E-state index in [9.17, 15) is 0 Å². The molecule has 0 amide bonds. The van der Waals surface area contributed by atoms with Crippen LogP contribution >= 0.6 is 11.6 Å². The third-order valence-corrected chi connectivity index (χ3v) is 2.18. The largest absolute Gasteiger partial charge is 0.427 e. The van der Waals surface area contributed by atoms with Crippen LogP contribution in [-0.2, 0) is 15.3 Å². The van der Waals surface area contributed by atoms with E-state index in [2.05, 4.69) is 4.98 Å². The zero-order valence-corrected chi connectivity index (χ0v) is 8.22. The van der Waals surface area contributed by atoms with Crippen molar-refractivity contribution < 1.29 is 13.9 Å². The summed E-state index contributed by atoms with van der Waals surface area (Å²) in [7, 11) is 0. The van der Waals surface area contributed by atoms with Crippen LogP contribution in [0, 0.1) is 6.92 Å². The van der Waals surface area contributed by atoms with E-state index < -0.39 is 5.79 Å². The molecular weight excluding hydrogens is 194 g/mol. The van der Waals surface area contributed by atoms with E-state index in [0.29, 0.717) is 24.7 Å². The van der Waals surface area contributed by atoms with E-state index in [-0.39, 0.29) is 5.35 Å². The highest BCUT2D eigenvalue weighted by molar-refractivity contribution is 6.27. The highest BCUT2D eigenvalue weighted by Crippen LogP contribution is 2.34. The molecular formula is C8H10ClNO3. The summed E-state index contributed by atoms with van der Waals surface area (Å²) in [6.07, 6.45) is 0. The van der Waals surface area contributed by atoms with E-state index in [1.807, 2.05) is 0 Å². The van der Waals surface area contributed by atoms with E-state index >= 15 is 0 Å². The first kappa shape index (κ1) is 8.99. The molecule has 0 N–H and O–H groups in total. The van der Waals surface area contributed by atoms with Crippen molar-refractivity contribution in [1.29, 1.82) is 0 Å². The number of halogens is 1. The molecule has 0 radical (unpaired) electrons. The van der Waals surface area contributed by atoms with Crippen molar-refractivity contribution in [3.63, 3.8) is 0 Å². The average Bonchev–Trinajstić information content (AvgIpc) is 2.59. The number of nitrogens with zero attached hydrogens (tertiary/aromatic N) is 1. The van der Waals surface area contributed by atoms with Gasteiger partial charge in [-0.05, 0) is 25.4 Å². The van der Waals surface area contributed by atoms with Gasteiger partial charge in [0.25, 0.3) is 5.35 Å². The Bertz CT molecular complexity index is 317. The lowest BCUT2D eigenvalue weighted by Crippen LogP contribution is -2.22. The average molecular weight is 204 g/mol. The van der Waals surface area contributed by atoms with Crippen LogP contribution in [-0.4, -0.2) is 18.2 Å². The van der Waals surface area contributed by atoms with Crippen LogP contribution in [0.2, 0.25) is 5.35 Å². The van der Waals surface area contributed by atoms with Crippen LogP contribution in [0.4, 0.5) is 0 Å². The third-order valence-electron chi connectivity index (χ3n) is 2.02. The first-order chi connectivity index (χ1) is 6.12. The number of aromatic nitrogens is 1. The molecule has 4 nitrogen and oxygen atoms in total. The fraction of sp³-hybridized carbons (Fsp3) is 0.625. The maximum absolute atomic E-state index is 5.62. The normalized spacial score (nSPS) is 20.8. The highest BCUT2D eigenvalue weighted by Gasteiger charge is 2.38. The SMILES string of the molecule is Cc1nc(Cl)oc1C1(C)OCCO1. The van der Waals surface area contributed by atoms with Gasteiger partial charge in [-0.1, -0.05) is 0 Å². The lowest BCUT2D eigenvalue weighted by molar-refractivity contribution is -0.163. The minimum atomic E-state index is -0.815. The van der Waals surface area contributed by atoms with E-state index in [4.69, 9.17) is 25.5 Å². The van der Waals surface area contributed by atoms with Gasteiger partial charge in [-0.2, -0.15) is 0 Å². The molecule has 0 bridgehead atoms. The van der Waals surface area contributed by atoms with Gasteiger partial charge < -0.3 is 13.9 Å². The van der Waals surface area contributed by atoms with Gasteiger partial charge in [-0.15, -0.1) is 0 Å². The van der Waals surface area contributed by atoms with Gasteiger partial charge in [0.15, 0.2) is 5.76 Å². The number of rotatable bonds is 1. The van der Waals surface area contributed by atoms with E-state index in [0.717, 1.165) is 0 Å². The number of hydrogen-bond acceptors (Lipinski definition) is 4. The molecule has 0 spiro atoms. The van der Waals surface area contributed by atoms with Crippen LogP contribution in [0.1, 0.15) is 18.4 Å². The maximum Gasteiger partial charge on any atom is 0.292 e. The Morgan fingerprint density at radius 3 is 2.46 bits per heavy atom. The molecule has 0 aromatic carbocycles. The molecule has 2 heterocycles. The van der Waals surface area contributed by atoms with E-state index in [1.54, 1.807) is 13.8 Å². The van der Waals surface area contributed by atoms with Crippen molar-refractivity contribution in [2.24, 2.45) is 0 Å². The number of hydrogen-bond donors (Lipinski definition) is 0. The molecule has 1 saturated heterocycles. The van der Waals surface area contributed by atoms with Crippen LogP contribution in [0.15, 0.2) is 4.42 Å². The standard InChI is InChI=1S/C8H10ClNO3/c1-5-6(13-7(9)10-5)8(2)11-3-4-12-8/h3-4H2,1-2H3. The second kappa shape index (κ2) is 2.97. The molecule has 1 aromatic heterocycles. The fourth-order valence-corrected chi connectivity index (χ4v) is 1.63. The Hall–Kier alpha value is -0.580. The minimum Gasteiger partial charge on any atom is -0.427 e. The van der Waals surface area contributed by atoms with Gasteiger partial charge in [-0.3, -0.25) is 0 Å². The van der Waals surface area contributed by atoms with Crippen LogP contribution in [0.25, 0.3) is 0 Å². The van der Waals surface area contributed by atoms with Crippen LogP contribution in [0.5, 0.6) is 0 Å². The Morgan fingerprint density at radius 1 is 1.38 bits per heavy atom. The molecule has 0 saturated carbocycles. The summed E-state index contributed by atoms with van der Waals surface area (Å²) in [5.74, 6) is -0.264. The molecule has 72 valence electrons. The molecule has 1 aliphatic heterocycles. The molecule has 1 aromatic rings. The fourth-order valence-electron chi connectivity index (χ4n) is 1.43. The lowest BCUT2D eigenvalue weighted by atomic mass is 10.2. The predicted octanol–water partition coefficient (Wildman–Crippen LogP) is 1.86. The van der Waals surface area contributed by atoms with Crippen molar-refractivity contribution in [3.05, 3.63) is 16.8 Å². The Balaban J connectivity index is 2.38. The summed E-state index contributed by atoms with van der Waals surface area (Å²) in [6.45, 7) is 4.73.